The summed E-state index contributed by atoms with van der Waals surface area (Å²) in [6.45, 7) is 7.63. The van der Waals surface area contributed by atoms with Gasteiger partial charge < -0.3 is 10.0 Å². The van der Waals surface area contributed by atoms with Gasteiger partial charge in [-0.15, -0.1) is 0 Å². The molecule has 1 N–H and O–H groups in total. The van der Waals surface area contributed by atoms with Gasteiger partial charge in [0.1, 0.15) is 0 Å². The molecule has 2 nitrogen and oxygen atoms in total. The molecule has 0 aliphatic rings. The summed E-state index contributed by atoms with van der Waals surface area (Å²) in [4.78, 5) is 2.37. The second-order valence-corrected chi connectivity index (χ2v) is 5.01. The molecule has 0 aromatic heterocycles. The summed E-state index contributed by atoms with van der Waals surface area (Å²) in [5, 5.41) is 9.04. The smallest absolute Gasteiger partial charge is 0.0558 e. The molecule has 1 aromatic carbocycles. The summed E-state index contributed by atoms with van der Waals surface area (Å²) < 4.78 is 0. The van der Waals surface area contributed by atoms with Crippen LogP contribution in [-0.4, -0.2) is 36.2 Å². The van der Waals surface area contributed by atoms with Crippen LogP contribution >= 0.6 is 0 Å². The van der Waals surface area contributed by atoms with Crippen LogP contribution in [0.2, 0.25) is 0 Å². The van der Waals surface area contributed by atoms with Crippen LogP contribution in [0.15, 0.2) is 24.3 Å². The van der Waals surface area contributed by atoms with Crippen molar-refractivity contribution in [3.8, 4) is 0 Å². The summed E-state index contributed by atoms with van der Waals surface area (Å²) in [5.41, 5.74) is 2.74. The van der Waals surface area contributed by atoms with E-state index in [1.165, 1.54) is 30.4 Å². The number of nitrogens with zero attached hydrogens (tertiary/aromatic N) is 1. The molecule has 0 radical (unpaired) electrons. The van der Waals surface area contributed by atoms with E-state index in [1.54, 1.807) is 0 Å². The Morgan fingerprint density at radius 2 is 1.67 bits per heavy atom. The maximum Gasteiger partial charge on any atom is 0.0558 e. The van der Waals surface area contributed by atoms with Gasteiger partial charge in [-0.25, -0.2) is 0 Å². The largest absolute Gasteiger partial charge is 0.395 e. The monoisotopic (exact) mass is 249 g/mol. The van der Waals surface area contributed by atoms with Crippen molar-refractivity contribution in [2.24, 2.45) is 0 Å². The molecule has 2 heteroatoms. The van der Waals surface area contributed by atoms with Crippen molar-refractivity contribution < 1.29 is 5.11 Å². The molecule has 0 saturated heterocycles. The first-order valence-electron chi connectivity index (χ1n) is 7.15. The minimum absolute atomic E-state index is 0.272. The number of hydrogen-bond acceptors (Lipinski definition) is 2. The number of hydrogen-bond donors (Lipinski definition) is 1. The van der Waals surface area contributed by atoms with Gasteiger partial charge >= 0.3 is 0 Å². The number of rotatable bonds is 9. The molecule has 0 aliphatic heterocycles. The van der Waals surface area contributed by atoms with Crippen molar-refractivity contribution in [3.63, 3.8) is 0 Å². The van der Waals surface area contributed by atoms with Crippen LogP contribution < -0.4 is 0 Å². The normalized spacial score (nSPS) is 11.1. The lowest BCUT2D eigenvalue weighted by molar-refractivity contribution is 0.192. The fourth-order valence-electron chi connectivity index (χ4n) is 2.12. The highest BCUT2D eigenvalue weighted by atomic mass is 16.3. The quantitative estimate of drug-likeness (QED) is 0.727. The van der Waals surface area contributed by atoms with E-state index in [0.29, 0.717) is 0 Å². The highest BCUT2D eigenvalue weighted by Crippen LogP contribution is 2.07. The minimum Gasteiger partial charge on any atom is -0.395 e. The molecule has 0 spiro atoms. The molecule has 0 amide bonds. The molecule has 0 atom stereocenters. The Balaban J connectivity index is 2.26. The zero-order chi connectivity index (χ0) is 13.2. The first-order chi connectivity index (χ1) is 8.76. The molecule has 0 unspecified atom stereocenters. The van der Waals surface area contributed by atoms with Crippen molar-refractivity contribution >= 4 is 0 Å². The van der Waals surface area contributed by atoms with Crippen molar-refractivity contribution in [3.05, 3.63) is 35.4 Å². The molecule has 0 saturated carbocycles. The van der Waals surface area contributed by atoms with Gasteiger partial charge in [-0.3, -0.25) is 0 Å². The molecular formula is C16H27NO. The van der Waals surface area contributed by atoms with Gasteiger partial charge in [0.2, 0.25) is 0 Å². The van der Waals surface area contributed by atoms with Gasteiger partial charge in [0.25, 0.3) is 0 Å². The zero-order valence-corrected chi connectivity index (χ0v) is 11.9. The van der Waals surface area contributed by atoms with Crippen LogP contribution in [-0.2, 0) is 6.42 Å². The summed E-state index contributed by atoms with van der Waals surface area (Å²) >= 11 is 0. The average Bonchev–Trinajstić information content (AvgIpc) is 2.38. The Morgan fingerprint density at radius 1 is 1.00 bits per heavy atom. The molecule has 1 aromatic rings. The third-order valence-corrected chi connectivity index (χ3v) is 3.30. The lowest BCUT2D eigenvalue weighted by Crippen LogP contribution is -2.29. The molecule has 18 heavy (non-hydrogen) atoms. The van der Waals surface area contributed by atoms with Gasteiger partial charge in [0.15, 0.2) is 0 Å². The van der Waals surface area contributed by atoms with Gasteiger partial charge in [0, 0.05) is 6.54 Å². The van der Waals surface area contributed by atoms with E-state index in [1.807, 2.05) is 0 Å². The molecule has 1 rings (SSSR count). The van der Waals surface area contributed by atoms with Crippen molar-refractivity contribution in [2.45, 2.75) is 39.5 Å². The van der Waals surface area contributed by atoms with Crippen LogP contribution in [0.25, 0.3) is 0 Å². The fraction of sp³-hybridized carbons (Fsp3) is 0.625. The minimum atomic E-state index is 0.272. The van der Waals surface area contributed by atoms with E-state index in [9.17, 15) is 0 Å². The predicted octanol–water partition coefficient (Wildman–Crippen LogP) is 3.02. The van der Waals surface area contributed by atoms with Gasteiger partial charge in [0.05, 0.1) is 6.61 Å². The molecule has 102 valence electrons. The first kappa shape index (κ1) is 15.2. The Morgan fingerprint density at radius 3 is 2.28 bits per heavy atom. The van der Waals surface area contributed by atoms with E-state index in [2.05, 4.69) is 43.0 Å². The standard InChI is InChI=1S/C16H27NO/c1-3-4-11-17(13-14-18)12-5-6-16-9-7-15(2)8-10-16/h7-10,18H,3-6,11-14H2,1-2H3. The lowest BCUT2D eigenvalue weighted by atomic mass is 10.1. The second-order valence-electron chi connectivity index (χ2n) is 5.01. The van der Waals surface area contributed by atoms with E-state index < -0.39 is 0 Å². The maximum atomic E-state index is 9.04. The van der Waals surface area contributed by atoms with Gasteiger partial charge in [-0.05, 0) is 44.8 Å². The highest BCUT2D eigenvalue weighted by molar-refractivity contribution is 5.21. The van der Waals surface area contributed by atoms with E-state index in [-0.39, 0.29) is 6.61 Å². The van der Waals surface area contributed by atoms with Crippen LogP contribution in [0.4, 0.5) is 0 Å². The van der Waals surface area contributed by atoms with Crippen molar-refractivity contribution in [1.82, 2.24) is 4.90 Å². The van der Waals surface area contributed by atoms with Crippen LogP contribution in [0.1, 0.15) is 37.3 Å². The molecule has 0 fully saturated rings. The predicted molar refractivity (Wildman–Crippen MR) is 77.9 cm³/mol. The number of benzene rings is 1. The number of aryl methyl sites for hydroxylation is 2. The second kappa shape index (κ2) is 9.12. The first-order valence-corrected chi connectivity index (χ1v) is 7.15. The van der Waals surface area contributed by atoms with Crippen LogP contribution in [0.3, 0.4) is 0 Å². The summed E-state index contributed by atoms with van der Waals surface area (Å²) in [7, 11) is 0. The Kier molecular flexibility index (Phi) is 7.70. The maximum absolute atomic E-state index is 9.04. The SMILES string of the molecule is CCCCN(CCO)CCCc1ccc(C)cc1. The number of unbranched alkanes of at least 4 members (excludes halogenated alkanes) is 1. The van der Waals surface area contributed by atoms with Crippen LogP contribution in [0, 0.1) is 6.92 Å². The number of aliphatic hydroxyl groups is 1. The fourth-order valence-corrected chi connectivity index (χ4v) is 2.12. The van der Waals surface area contributed by atoms with E-state index in [0.717, 1.165) is 26.1 Å². The lowest BCUT2D eigenvalue weighted by Gasteiger charge is -2.20. The van der Waals surface area contributed by atoms with E-state index >= 15 is 0 Å². The van der Waals surface area contributed by atoms with Gasteiger partial charge in [-0.1, -0.05) is 43.2 Å². The number of aliphatic hydroxyl groups excluding tert-OH is 1. The highest BCUT2D eigenvalue weighted by Gasteiger charge is 2.03. The average molecular weight is 249 g/mol. The summed E-state index contributed by atoms with van der Waals surface area (Å²) in [6, 6.07) is 8.80. The van der Waals surface area contributed by atoms with Crippen LogP contribution in [0.5, 0.6) is 0 Å². The molecule has 0 aliphatic carbocycles. The third kappa shape index (κ3) is 6.18. The summed E-state index contributed by atoms with van der Waals surface area (Å²) in [6.07, 6.45) is 4.76. The summed E-state index contributed by atoms with van der Waals surface area (Å²) in [5.74, 6) is 0. The molecular weight excluding hydrogens is 222 g/mol. The van der Waals surface area contributed by atoms with Crippen molar-refractivity contribution in [1.29, 1.82) is 0 Å². The molecule has 0 bridgehead atoms. The zero-order valence-electron chi connectivity index (χ0n) is 11.9. The van der Waals surface area contributed by atoms with Gasteiger partial charge in [-0.2, -0.15) is 0 Å². The third-order valence-electron chi connectivity index (χ3n) is 3.30. The molecule has 0 heterocycles. The van der Waals surface area contributed by atoms with E-state index in [4.69, 9.17) is 5.11 Å². The Bertz CT molecular complexity index is 307. The Labute approximate surface area is 112 Å². The van der Waals surface area contributed by atoms with Crippen molar-refractivity contribution in [2.75, 3.05) is 26.2 Å². The Hall–Kier alpha value is -0.860. The topological polar surface area (TPSA) is 23.5 Å².